The minimum Gasteiger partial charge on any atom is -0.361 e. The zero-order valence-electron chi connectivity index (χ0n) is 10.7. The highest BCUT2D eigenvalue weighted by atomic mass is 32.2. The molecule has 2 N–H and O–H groups in total. The van der Waals surface area contributed by atoms with Gasteiger partial charge in [0, 0.05) is 24.3 Å². The van der Waals surface area contributed by atoms with Crippen molar-refractivity contribution in [3.8, 4) is 0 Å². The van der Waals surface area contributed by atoms with Crippen molar-refractivity contribution in [2.75, 3.05) is 11.5 Å². The van der Waals surface area contributed by atoms with Gasteiger partial charge in [0.15, 0.2) is 0 Å². The Morgan fingerprint density at radius 1 is 1.21 bits per heavy atom. The molecule has 2 heterocycles. The van der Waals surface area contributed by atoms with E-state index in [2.05, 4.69) is 34.6 Å². The molecule has 3 rings (SSSR count). The first-order chi connectivity index (χ1) is 9.12. The summed E-state index contributed by atoms with van der Waals surface area (Å²) in [7, 11) is -2.76. The second kappa shape index (κ2) is 4.98. The summed E-state index contributed by atoms with van der Waals surface area (Å²) in [5.41, 5.74) is 2.37. The zero-order chi connectivity index (χ0) is 13.3. The minimum absolute atomic E-state index is 0.320. The fraction of sp³-hybridized carbons (Fsp3) is 0.429. The van der Waals surface area contributed by atoms with Crippen molar-refractivity contribution in [3.05, 3.63) is 36.0 Å². The Labute approximate surface area is 113 Å². The molecule has 0 aliphatic carbocycles. The van der Waals surface area contributed by atoms with Crippen LogP contribution in [0.25, 0.3) is 10.9 Å². The van der Waals surface area contributed by atoms with E-state index in [-0.39, 0.29) is 0 Å². The number of H-pyrrole nitrogens is 1. The van der Waals surface area contributed by atoms with E-state index in [1.54, 1.807) is 0 Å². The van der Waals surface area contributed by atoms with Gasteiger partial charge in [0.2, 0.25) is 0 Å². The standard InChI is InChI=1S/C14H18N2O2S/c17-19(18)7-4-13(5-8-19)16-10-11-1-2-12-3-6-15-14(12)9-11/h1-3,6,9,13,15-16H,4-5,7-8,10H2. The Hall–Kier alpha value is -1.33. The Bertz CT molecular complexity index is 662. The van der Waals surface area contributed by atoms with Crippen molar-refractivity contribution in [2.24, 2.45) is 0 Å². The number of aromatic amines is 1. The van der Waals surface area contributed by atoms with Gasteiger partial charge in [-0.15, -0.1) is 0 Å². The largest absolute Gasteiger partial charge is 0.361 e. The van der Waals surface area contributed by atoms with E-state index in [1.807, 2.05) is 6.20 Å². The lowest BCUT2D eigenvalue weighted by molar-refractivity contribution is 0.463. The van der Waals surface area contributed by atoms with Gasteiger partial charge in [0.25, 0.3) is 0 Å². The van der Waals surface area contributed by atoms with Crippen LogP contribution in [0.5, 0.6) is 0 Å². The molecule has 0 saturated carbocycles. The summed E-state index contributed by atoms with van der Waals surface area (Å²) >= 11 is 0. The van der Waals surface area contributed by atoms with Gasteiger partial charge in [0.1, 0.15) is 9.84 Å². The molecule has 19 heavy (non-hydrogen) atoms. The maximum atomic E-state index is 11.4. The number of sulfone groups is 1. The van der Waals surface area contributed by atoms with E-state index in [9.17, 15) is 8.42 Å². The van der Waals surface area contributed by atoms with Gasteiger partial charge in [-0.25, -0.2) is 8.42 Å². The molecule has 4 nitrogen and oxygen atoms in total. The molecule has 0 radical (unpaired) electrons. The number of fused-ring (bicyclic) bond motifs is 1. The SMILES string of the molecule is O=S1(=O)CCC(NCc2ccc3cc[nH]c3c2)CC1. The topological polar surface area (TPSA) is 62.0 Å². The maximum Gasteiger partial charge on any atom is 0.150 e. The highest BCUT2D eigenvalue weighted by Crippen LogP contribution is 2.16. The first-order valence-electron chi connectivity index (χ1n) is 6.62. The van der Waals surface area contributed by atoms with Gasteiger partial charge >= 0.3 is 0 Å². The van der Waals surface area contributed by atoms with Crippen molar-refractivity contribution in [1.29, 1.82) is 0 Å². The summed E-state index contributed by atoms with van der Waals surface area (Å²) in [4.78, 5) is 3.20. The van der Waals surface area contributed by atoms with Crippen LogP contribution in [-0.4, -0.2) is 30.9 Å². The summed E-state index contributed by atoms with van der Waals surface area (Å²) < 4.78 is 22.7. The minimum atomic E-state index is -2.76. The molecule has 1 aliphatic heterocycles. The van der Waals surface area contributed by atoms with Crippen molar-refractivity contribution in [2.45, 2.75) is 25.4 Å². The molecular weight excluding hydrogens is 260 g/mol. The Balaban J connectivity index is 1.60. The highest BCUT2D eigenvalue weighted by Gasteiger charge is 2.22. The fourth-order valence-corrected chi connectivity index (χ4v) is 4.05. The van der Waals surface area contributed by atoms with Crippen molar-refractivity contribution >= 4 is 20.7 Å². The number of nitrogens with one attached hydrogen (secondary N) is 2. The van der Waals surface area contributed by atoms with Gasteiger partial charge in [-0.1, -0.05) is 12.1 Å². The van der Waals surface area contributed by atoms with Gasteiger partial charge in [-0.2, -0.15) is 0 Å². The summed E-state index contributed by atoms with van der Waals surface area (Å²) in [6, 6.07) is 8.74. The van der Waals surface area contributed by atoms with Crippen LogP contribution in [0.3, 0.4) is 0 Å². The molecule has 0 bridgehead atoms. The quantitative estimate of drug-likeness (QED) is 0.900. The van der Waals surface area contributed by atoms with E-state index in [0.717, 1.165) is 24.9 Å². The molecule has 0 atom stereocenters. The molecule has 0 amide bonds. The number of benzene rings is 1. The molecule has 1 aromatic heterocycles. The third kappa shape index (κ3) is 2.98. The third-order valence-corrected chi connectivity index (χ3v) is 5.48. The number of hydrogen-bond acceptors (Lipinski definition) is 3. The van der Waals surface area contributed by atoms with Crippen LogP contribution >= 0.6 is 0 Å². The second-order valence-electron chi connectivity index (χ2n) is 5.21. The van der Waals surface area contributed by atoms with E-state index >= 15 is 0 Å². The van der Waals surface area contributed by atoms with Crippen LogP contribution in [0.4, 0.5) is 0 Å². The van der Waals surface area contributed by atoms with Gasteiger partial charge < -0.3 is 10.3 Å². The lowest BCUT2D eigenvalue weighted by Gasteiger charge is -2.23. The molecule has 0 spiro atoms. The molecule has 1 saturated heterocycles. The predicted molar refractivity (Wildman–Crippen MR) is 76.8 cm³/mol. The third-order valence-electron chi connectivity index (χ3n) is 3.77. The van der Waals surface area contributed by atoms with Crippen molar-refractivity contribution in [3.63, 3.8) is 0 Å². The lowest BCUT2D eigenvalue weighted by Crippen LogP contribution is -2.37. The fourth-order valence-electron chi connectivity index (χ4n) is 2.56. The van der Waals surface area contributed by atoms with E-state index in [4.69, 9.17) is 0 Å². The Morgan fingerprint density at radius 3 is 2.79 bits per heavy atom. The summed E-state index contributed by atoms with van der Waals surface area (Å²) in [5.74, 6) is 0.640. The van der Waals surface area contributed by atoms with Gasteiger partial charge in [-0.05, 0) is 35.9 Å². The normalized spacial score (nSPS) is 19.8. The second-order valence-corrected chi connectivity index (χ2v) is 7.51. The average Bonchev–Trinajstić information content (AvgIpc) is 2.85. The van der Waals surface area contributed by atoms with E-state index < -0.39 is 9.84 Å². The van der Waals surface area contributed by atoms with Crippen LogP contribution in [0, 0.1) is 0 Å². The molecule has 1 aromatic carbocycles. The first kappa shape index (κ1) is 12.7. The molecule has 2 aromatic rings. The number of aromatic nitrogens is 1. The van der Waals surface area contributed by atoms with E-state index in [1.165, 1.54) is 10.9 Å². The molecule has 102 valence electrons. The smallest absolute Gasteiger partial charge is 0.150 e. The zero-order valence-corrected chi connectivity index (χ0v) is 11.5. The van der Waals surface area contributed by atoms with Crippen LogP contribution in [0.2, 0.25) is 0 Å². The van der Waals surface area contributed by atoms with Crippen molar-refractivity contribution in [1.82, 2.24) is 10.3 Å². The summed E-state index contributed by atoms with van der Waals surface area (Å²) in [5, 5.41) is 4.67. The maximum absolute atomic E-state index is 11.4. The van der Waals surface area contributed by atoms with Crippen LogP contribution in [0.1, 0.15) is 18.4 Å². The van der Waals surface area contributed by atoms with E-state index in [0.29, 0.717) is 17.5 Å². The average molecular weight is 278 g/mol. The summed E-state index contributed by atoms with van der Waals surface area (Å²) in [6.45, 7) is 0.791. The molecule has 1 fully saturated rings. The number of hydrogen-bond donors (Lipinski definition) is 2. The first-order valence-corrected chi connectivity index (χ1v) is 8.44. The van der Waals surface area contributed by atoms with Crippen molar-refractivity contribution < 1.29 is 8.42 Å². The van der Waals surface area contributed by atoms with Crippen LogP contribution in [0.15, 0.2) is 30.5 Å². The van der Waals surface area contributed by atoms with Crippen LogP contribution < -0.4 is 5.32 Å². The monoisotopic (exact) mass is 278 g/mol. The Kier molecular flexibility index (Phi) is 3.33. The number of rotatable bonds is 3. The summed E-state index contributed by atoms with van der Waals surface area (Å²) in [6.07, 6.45) is 3.40. The van der Waals surface area contributed by atoms with Gasteiger partial charge in [0.05, 0.1) is 11.5 Å². The Morgan fingerprint density at radius 2 is 2.00 bits per heavy atom. The molecule has 5 heteroatoms. The van der Waals surface area contributed by atoms with Crippen LogP contribution in [-0.2, 0) is 16.4 Å². The molecule has 1 aliphatic rings. The highest BCUT2D eigenvalue weighted by molar-refractivity contribution is 7.91. The lowest BCUT2D eigenvalue weighted by atomic mass is 10.1. The molecular formula is C14H18N2O2S. The van der Waals surface area contributed by atoms with Gasteiger partial charge in [-0.3, -0.25) is 0 Å². The molecule has 0 unspecified atom stereocenters. The predicted octanol–water partition coefficient (Wildman–Crippen LogP) is 1.83.